The number of para-hydroxylation sites is 1. The van der Waals surface area contributed by atoms with Crippen molar-refractivity contribution in [1.29, 1.82) is 0 Å². The van der Waals surface area contributed by atoms with E-state index in [2.05, 4.69) is 11.1 Å². The maximum atomic E-state index is 13.7. The molecule has 0 saturated carbocycles. The van der Waals surface area contributed by atoms with E-state index in [9.17, 15) is 9.18 Å². The van der Waals surface area contributed by atoms with Crippen molar-refractivity contribution < 1.29 is 9.18 Å². The van der Waals surface area contributed by atoms with Crippen molar-refractivity contribution in [3.63, 3.8) is 0 Å². The number of benzene rings is 2. The van der Waals surface area contributed by atoms with Crippen molar-refractivity contribution in [2.75, 3.05) is 13.1 Å². The van der Waals surface area contributed by atoms with Crippen LogP contribution in [0.25, 0.3) is 16.5 Å². The molecule has 3 aromatic rings. The van der Waals surface area contributed by atoms with Crippen LogP contribution in [0.4, 0.5) is 4.39 Å². The van der Waals surface area contributed by atoms with E-state index in [-0.39, 0.29) is 21.5 Å². The molecular weight excluding hydrogens is 374 g/mol. The summed E-state index contributed by atoms with van der Waals surface area (Å²) in [5, 5.41) is 1.24. The van der Waals surface area contributed by atoms with E-state index in [0.717, 1.165) is 23.6 Å². The molecule has 1 amide bonds. The molecule has 0 atom stereocenters. The van der Waals surface area contributed by atoms with E-state index in [1.165, 1.54) is 17.0 Å². The maximum Gasteiger partial charge on any atom is 0.255 e. The van der Waals surface area contributed by atoms with E-state index in [4.69, 9.17) is 23.2 Å². The van der Waals surface area contributed by atoms with Gasteiger partial charge in [0.05, 0.1) is 15.6 Å². The number of aromatic nitrogens is 1. The van der Waals surface area contributed by atoms with E-state index in [1.54, 1.807) is 4.90 Å². The number of carbonyl (C=O) groups is 1. The van der Waals surface area contributed by atoms with E-state index >= 15 is 0 Å². The number of aromatic amines is 1. The van der Waals surface area contributed by atoms with Crippen LogP contribution in [0.1, 0.15) is 22.3 Å². The van der Waals surface area contributed by atoms with E-state index < -0.39 is 5.82 Å². The molecule has 0 fully saturated rings. The minimum absolute atomic E-state index is 0.0910. The summed E-state index contributed by atoms with van der Waals surface area (Å²) in [7, 11) is 0. The molecule has 1 aliphatic heterocycles. The predicted octanol–water partition coefficient (Wildman–Crippen LogP) is 5.54. The SMILES string of the molecule is O=C(c1cc(F)c(Cl)cc1Cl)N1CC=C(c2c[nH]c3ccccc23)CC1. The molecule has 6 heteroatoms. The van der Waals surface area contributed by atoms with Gasteiger partial charge in [-0.2, -0.15) is 0 Å². The van der Waals surface area contributed by atoms with Gasteiger partial charge in [-0.3, -0.25) is 4.79 Å². The molecule has 26 heavy (non-hydrogen) atoms. The van der Waals surface area contributed by atoms with Gasteiger partial charge in [0.1, 0.15) is 5.82 Å². The Kier molecular flexibility index (Phi) is 4.47. The third-order valence-electron chi connectivity index (χ3n) is 4.67. The standard InChI is InChI=1S/C20H15Cl2FN2O/c21-16-10-17(22)18(23)9-14(16)20(26)25-7-5-12(6-8-25)15-11-24-19-4-2-1-3-13(15)19/h1-5,9-11,24H,6-8H2. The van der Waals surface area contributed by atoms with Gasteiger partial charge in [-0.1, -0.05) is 47.5 Å². The highest BCUT2D eigenvalue weighted by molar-refractivity contribution is 6.36. The Balaban J connectivity index is 1.58. The second kappa shape index (κ2) is 6.78. The Hall–Kier alpha value is -2.30. The van der Waals surface area contributed by atoms with Crippen LogP contribution in [-0.4, -0.2) is 28.9 Å². The number of halogens is 3. The Morgan fingerprint density at radius 3 is 2.73 bits per heavy atom. The van der Waals surface area contributed by atoms with Crippen LogP contribution < -0.4 is 0 Å². The molecule has 0 bridgehead atoms. The van der Waals surface area contributed by atoms with E-state index in [0.29, 0.717) is 13.1 Å². The lowest BCUT2D eigenvalue weighted by Crippen LogP contribution is -2.34. The average molecular weight is 389 g/mol. The summed E-state index contributed by atoms with van der Waals surface area (Å²) in [4.78, 5) is 17.6. The molecule has 1 aromatic heterocycles. The normalized spacial score (nSPS) is 14.6. The molecule has 3 nitrogen and oxygen atoms in total. The molecule has 0 spiro atoms. The first-order valence-electron chi connectivity index (χ1n) is 8.24. The van der Waals surface area contributed by atoms with Gasteiger partial charge in [0.15, 0.2) is 0 Å². The van der Waals surface area contributed by atoms with Crippen LogP contribution >= 0.6 is 23.2 Å². The second-order valence-electron chi connectivity index (χ2n) is 6.22. The van der Waals surface area contributed by atoms with Gasteiger partial charge in [0, 0.05) is 35.8 Å². The third kappa shape index (κ3) is 3.00. The molecular formula is C20H15Cl2FN2O. The van der Waals surface area contributed by atoms with Crippen LogP contribution in [0, 0.1) is 5.82 Å². The number of nitrogens with zero attached hydrogens (tertiary/aromatic N) is 1. The quantitative estimate of drug-likeness (QED) is 0.574. The fourth-order valence-corrected chi connectivity index (χ4v) is 3.76. The minimum atomic E-state index is -0.647. The Morgan fingerprint density at radius 1 is 1.15 bits per heavy atom. The molecule has 132 valence electrons. The van der Waals surface area contributed by atoms with Crippen LogP contribution in [0.5, 0.6) is 0 Å². The van der Waals surface area contributed by atoms with Gasteiger partial charge in [-0.05, 0) is 30.2 Å². The average Bonchev–Trinajstić information content (AvgIpc) is 3.08. The molecule has 1 N–H and O–H groups in total. The summed E-state index contributed by atoms with van der Waals surface area (Å²) >= 11 is 11.8. The van der Waals surface area contributed by atoms with Gasteiger partial charge < -0.3 is 9.88 Å². The fourth-order valence-electron chi connectivity index (χ4n) is 3.29. The topological polar surface area (TPSA) is 36.1 Å². The summed E-state index contributed by atoms with van der Waals surface area (Å²) in [6, 6.07) is 10.5. The Morgan fingerprint density at radius 2 is 1.96 bits per heavy atom. The lowest BCUT2D eigenvalue weighted by molar-refractivity contribution is 0.0772. The number of amides is 1. The van der Waals surface area contributed by atoms with E-state index in [1.807, 2.05) is 30.5 Å². The first kappa shape index (κ1) is 17.1. The van der Waals surface area contributed by atoms with Crippen molar-refractivity contribution >= 4 is 45.6 Å². The van der Waals surface area contributed by atoms with Gasteiger partial charge in [-0.25, -0.2) is 4.39 Å². The number of fused-ring (bicyclic) bond motifs is 1. The molecule has 1 aliphatic rings. The summed E-state index contributed by atoms with van der Waals surface area (Å²) in [6.07, 6.45) is 4.76. The largest absolute Gasteiger partial charge is 0.361 e. The van der Waals surface area contributed by atoms with Crippen molar-refractivity contribution in [1.82, 2.24) is 9.88 Å². The van der Waals surface area contributed by atoms with Crippen molar-refractivity contribution in [2.45, 2.75) is 6.42 Å². The van der Waals surface area contributed by atoms with Crippen molar-refractivity contribution in [2.24, 2.45) is 0 Å². The lowest BCUT2D eigenvalue weighted by Gasteiger charge is -2.27. The first-order valence-corrected chi connectivity index (χ1v) is 8.99. The van der Waals surface area contributed by atoms with Crippen LogP contribution in [0.2, 0.25) is 10.0 Å². The highest BCUT2D eigenvalue weighted by Crippen LogP contribution is 2.30. The van der Waals surface area contributed by atoms with Gasteiger partial charge >= 0.3 is 0 Å². The number of rotatable bonds is 2. The molecule has 0 radical (unpaired) electrons. The van der Waals surface area contributed by atoms with Crippen LogP contribution in [0.15, 0.2) is 48.7 Å². The Bertz CT molecular complexity index is 1040. The van der Waals surface area contributed by atoms with Crippen molar-refractivity contribution in [3.8, 4) is 0 Å². The zero-order valence-electron chi connectivity index (χ0n) is 13.7. The molecule has 2 aromatic carbocycles. The van der Waals surface area contributed by atoms with Gasteiger partial charge in [0.2, 0.25) is 0 Å². The Labute approximate surface area is 160 Å². The number of nitrogens with one attached hydrogen (secondary N) is 1. The molecule has 4 rings (SSSR count). The van der Waals surface area contributed by atoms with Crippen LogP contribution in [0.3, 0.4) is 0 Å². The van der Waals surface area contributed by atoms with Crippen molar-refractivity contribution in [3.05, 3.63) is 75.7 Å². The fraction of sp³-hybridized carbons (Fsp3) is 0.150. The van der Waals surface area contributed by atoms with Gasteiger partial charge in [0.25, 0.3) is 5.91 Å². The molecule has 0 saturated heterocycles. The summed E-state index contributed by atoms with van der Waals surface area (Å²) in [5.41, 5.74) is 3.57. The second-order valence-corrected chi connectivity index (χ2v) is 7.04. The molecule has 0 unspecified atom stereocenters. The molecule has 2 heterocycles. The summed E-state index contributed by atoms with van der Waals surface area (Å²) < 4.78 is 13.7. The zero-order chi connectivity index (χ0) is 18.3. The summed E-state index contributed by atoms with van der Waals surface area (Å²) in [5.74, 6) is -0.939. The maximum absolute atomic E-state index is 13.7. The minimum Gasteiger partial charge on any atom is -0.361 e. The summed E-state index contributed by atoms with van der Waals surface area (Å²) in [6.45, 7) is 0.999. The zero-order valence-corrected chi connectivity index (χ0v) is 15.2. The number of carbonyl (C=O) groups excluding carboxylic acids is 1. The molecule has 0 aliphatic carbocycles. The monoisotopic (exact) mass is 388 g/mol. The van der Waals surface area contributed by atoms with Crippen LogP contribution in [-0.2, 0) is 0 Å². The smallest absolute Gasteiger partial charge is 0.255 e. The lowest BCUT2D eigenvalue weighted by atomic mass is 9.98. The third-order valence-corrected chi connectivity index (χ3v) is 5.27. The highest BCUT2D eigenvalue weighted by Gasteiger charge is 2.23. The van der Waals surface area contributed by atoms with Gasteiger partial charge in [-0.15, -0.1) is 0 Å². The number of H-pyrrole nitrogens is 1. The highest BCUT2D eigenvalue weighted by atomic mass is 35.5. The number of hydrogen-bond donors (Lipinski definition) is 1. The number of hydrogen-bond acceptors (Lipinski definition) is 1. The predicted molar refractivity (Wildman–Crippen MR) is 103 cm³/mol. The first-order chi connectivity index (χ1) is 12.5.